The number of rotatable bonds is 3. The van der Waals surface area contributed by atoms with Crippen LogP contribution in [-0.2, 0) is 4.79 Å². The molecule has 86 valence electrons. The average Bonchev–Trinajstić information content (AvgIpc) is 2.26. The summed E-state index contributed by atoms with van der Waals surface area (Å²) < 4.78 is 0. The Labute approximate surface area is 108 Å². The Hall–Kier alpha value is -0.870. The largest absolute Gasteiger partial charge is 0.314 e. The summed E-state index contributed by atoms with van der Waals surface area (Å²) in [6.45, 7) is 1.45. The second-order valence-electron chi connectivity index (χ2n) is 3.30. The van der Waals surface area contributed by atoms with Gasteiger partial charge < -0.3 is 4.90 Å². The minimum atomic E-state index is -0.121. The molecule has 0 saturated heterocycles. The molecule has 0 bridgehead atoms. The highest BCUT2D eigenvalue weighted by atomic mass is 79.9. The molecule has 1 aromatic carbocycles. The van der Waals surface area contributed by atoms with E-state index in [9.17, 15) is 9.59 Å². The van der Waals surface area contributed by atoms with Crippen molar-refractivity contribution in [2.24, 2.45) is 0 Å². The molecule has 0 spiro atoms. The van der Waals surface area contributed by atoms with E-state index in [2.05, 4.69) is 15.9 Å². The first-order chi connectivity index (χ1) is 7.47. The molecule has 0 atom stereocenters. The van der Waals surface area contributed by atoms with Crippen LogP contribution in [0.5, 0.6) is 0 Å². The number of benzene rings is 1. The summed E-state index contributed by atoms with van der Waals surface area (Å²) in [6, 6.07) is 4.89. The quantitative estimate of drug-likeness (QED) is 0.636. The first kappa shape index (κ1) is 13.2. The van der Waals surface area contributed by atoms with Crippen LogP contribution in [0, 0.1) is 0 Å². The van der Waals surface area contributed by atoms with Gasteiger partial charge in [-0.15, -0.1) is 0 Å². The maximum atomic E-state index is 11.5. The predicted molar refractivity (Wildman–Crippen MR) is 68.7 cm³/mol. The number of carbonyl (C=O) groups is 2. The number of Topliss-reactive ketones (excluding diaryl/α,β-unsaturated/α-hetero) is 1. The van der Waals surface area contributed by atoms with Crippen LogP contribution in [0.4, 0.5) is 5.69 Å². The molecule has 0 radical (unpaired) electrons. The molecule has 0 aliphatic carbocycles. The summed E-state index contributed by atoms with van der Waals surface area (Å²) >= 11 is 8.90. The number of hydrogen-bond donors (Lipinski definition) is 0. The number of halogens is 2. The zero-order valence-electron chi connectivity index (χ0n) is 8.96. The monoisotopic (exact) mass is 303 g/mol. The van der Waals surface area contributed by atoms with E-state index in [4.69, 9.17) is 11.6 Å². The van der Waals surface area contributed by atoms with Gasteiger partial charge in [-0.3, -0.25) is 9.59 Å². The van der Waals surface area contributed by atoms with Gasteiger partial charge in [0.05, 0.1) is 11.0 Å². The van der Waals surface area contributed by atoms with E-state index < -0.39 is 0 Å². The van der Waals surface area contributed by atoms with Crippen LogP contribution in [0.2, 0.25) is 5.02 Å². The third-order valence-electron chi connectivity index (χ3n) is 2.19. The number of carbonyl (C=O) groups excluding carboxylic acids is 2. The van der Waals surface area contributed by atoms with E-state index >= 15 is 0 Å². The van der Waals surface area contributed by atoms with E-state index in [1.807, 2.05) is 0 Å². The van der Waals surface area contributed by atoms with Crippen molar-refractivity contribution in [2.45, 2.75) is 6.92 Å². The van der Waals surface area contributed by atoms with Crippen LogP contribution < -0.4 is 4.90 Å². The summed E-state index contributed by atoms with van der Waals surface area (Å²) in [5, 5.41) is 0.692. The fourth-order valence-corrected chi connectivity index (χ4v) is 1.85. The highest BCUT2D eigenvalue weighted by molar-refractivity contribution is 9.09. The molecule has 3 nitrogen and oxygen atoms in total. The number of nitrogens with zero attached hydrogens (tertiary/aromatic N) is 1. The van der Waals surface area contributed by atoms with Crippen molar-refractivity contribution < 1.29 is 9.59 Å². The van der Waals surface area contributed by atoms with Crippen LogP contribution in [0.15, 0.2) is 18.2 Å². The molecule has 0 N–H and O–H groups in total. The second-order valence-corrected chi connectivity index (χ2v) is 4.30. The van der Waals surface area contributed by atoms with Crippen LogP contribution >= 0.6 is 27.5 Å². The topological polar surface area (TPSA) is 37.4 Å². The van der Waals surface area contributed by atoms with Gasteiger partial charge in [0.2, 0.25) is 5.91 Å². The lowest BCUT2D eigenvalue weighted by Crippen LogP contribution is -2.28. The van der Waals surface area contributed by atoms with E-state index in [1.165, 1.54) is 11.8 Å². The van der Waals surface area contributed by atoms with Crippen LogP contribution in [0.1, 0.15) is 17.3 Å². The lowest BCUT2D eigenvalue weighted by molar-refractivity contribution is -0.115. The van der Waals surface area contributed by atoms with Crippen molar-refractivity contribution in [3.8, 4) is 0 Å². The fourth-order valence-electron chi connectivity index (χ4n) is 1.31. The van der Waals surface area contributed by atoms with Crippen molar-refractivity contribution in [3.63, 3.8) is 0 Å². The molecule has 0 saturated carbocycles. The molecule has 0 aliphatic rings. The number of amides is 1. The van der Waals surface area contributed by atoms with Crippen LogP contribution in [0.25, 0.3) is 0 Å². The minimum absolute atomic E-state index is 0.119. The SMILES string of the molecule is CC(=O)c1cc(Cl)ccc1N(C)C(=O)CBr. The molecular formula is C11H11BrClNO2. The third kappa shape index (κ3) is 2.83. The summed E-state index contributed by atoms with van der Waals surface area (Å²) in [4.78, 5) is 24.4. The van der Waals surface area contributed by atoms with Gasteiger partial charge in [-0.25, -0.2) is 0 Å². The smallest absolute Gasteiger partial charge is 0.237 e. The Kier molecular flexibility index (Phi) is 4.50. The highest BCUT2D eigenvalue weighted by Gasteiger charge is 2.15. The Balaban J connectivity index is 3.22. The van der Waals surface area contributed by atoms with E-state index in [1.54, 1.807) is 25.2 Å². The Morgan fingerprint density at radius 1 is 1.44 bits per heavy atom. The minimum Gasteiger partial charge on any atom is -0.314 e. The zero-order chi connectivity index (χ0) is 12.3. The van der Waals surface area contributed by atoms with Gasteiger partial charge in [-0.05, 0) is 25.1 Å². The lowest BCUT2D eigenvalue weighted by Gasteiger charge is -2.19. The normalized spacial score (nSPS) is 10.0. The van der Waals surface area contributed by atoms with Gasteiger partial charge in [0.15, 0.2) is 5.78 Å². The predicted octanol–water partition coefficient (Wildman–Crippen LogP) is 2.90. The van der Waals surface area contributed by atoms with E-state index in [0.29, 0.717) is 16.3 Å². The van der Waals surface area contributed by atoms with Gasteiger partial charge in [0.1, 0.15) is 0 Å². The summed E-state index contributed by atoms with van der Waals surface area (Å²) in [7, 11) is 1.62. The Morgan fingerprint density at radius 3 is 2.56 bits per heavy atom. The van der Waals surface area contributed by atoms with Crippen molar-refractivity contribution in [1.29, 1.82) is 0 Å². The van der Waals surface area contributed by atoms with Crippen LogP contribution in [-0.4, -0.2) is 24.1 Å². The summed E-state index contributed by atoms with van der Waals surface area (Å²) in [5.41, 5.74) is 1.02. The molecular weight excluding hydrogens is 293 g/mol. The molecule has 0 fully saturated rings. The standard InChI is InChI=1S/C11H11BrClNO2/c1-7(15)9-5-8(13)3-4-10(9)14(2)11(16)6-12/h3-5H,6H2,1-2H3. The Bertz CT molecular complexity index is 434. The molecule has 5 heteroatoms. The van der Waals surface area contributed by atoms with Crippen LogP contribution in [0.3, 0.4) is 0 Å². The summed E-state index contributed by atoms with van der Waals surface area (Å²) in [5.74, 6) is -0.239. The molecule has 0 aliphatic heterocycles. The van der Waals surface area contributed by atoms with E-state index in [0.717, 1.165) is 0 Å². The van der Waals surface area contributed by atoms with Crippen molar-refractivity contribution >= 4 is 44.9 Å². The maximum absolute atomic E-state index is 11.5. The summed E-state index contributed by atoms with van der Waals surface area (Å²) in [6.07, 6.45) is 0. The molecule has 0 aromatic heterocycles. The molecule has 0 heterocycles. The molecule has 16 heavy (non-hydrogen) atoms. The van der Waals surface area contributed by atoms with Gasteiger partial charge in [-0.1, -0.05) is 27.5 Å². The van der Waals surface area contributed by atoms with Gasteiger partial charge in [0.25, 0.3) is 0 Å². The van der Waals surface area contributed by atoms with Crippen molar-refractivity contribution in [3.05, 3.63) is 28.8 Å². The van der Waals surface area contributed by atoms with Crippen molar-refractivity contribution in [1.82, 2.24) is 0 Å². The maximum Gasteiger partial charge on any atom is 0.237 e. The molecule has 1 rings (SSSR count). The first-order valence-corrected chi connectivity index (χ1v) is 6.10. The fraction of sp³-hybridized carbons (Fsp3) is 0.273. The average molecular weight is 305 g/mol. The molecule has 1 aromatic rings. The lowest BCUT2D eigenvalue weighted by atomic mass is 10.1. The Morgan fingerprint density at radius 2 is 2.06 bits per heavy atom. The van der Waals surface area contributed by atoms with Gasteiger partial charge in [0, 0.05) is 17.6 Å². The van der Waals surface area contributed by atoms with Gasteiger partial charge >= 0.3 is 0 Å². The van der Waals surface area contributed by atoms with Gasteiger partial charge in [-0.2, -0.15) is 0 Å². The number of ketones is 1. The highest BCUT2D eigenvalue weighted by Crippen LogP contribution is 2.24. The molecule has 1 amide bonds. The second kappa shape index (κ2) is 5.46. The zero-order valence-corrected chi connectivity index (χ0v) is 11.3. The first-order valence-electron chi connectivity index (χ1n) is 4.60. The third-order valence-corrected chi connectivity index (χ3v) is 2.90. The van der Waals surface area contributed by atoms with E-state index in [-0.39, 0.29) is 17.0 Å². The number of hydrogen-bond acceptors (Lipinski definition) is 2. The molecule has 0 unspecified atom stereocenters. The number of alkyl halides is 1. The van der Waals surface area contributed by atoms with Crippen molar-refractivity contribution in [2.75, 3.05) is 17.3 Å². The number of anilines is 1.